The van der Waals surface area contributed by atoms with Crippen molar-refractivity contribution in [3.63, 3.8) is 0 Å². The Hall–Kier alpha value is -3.31. The molecule has 4 rings (SSSR count). The number of anilines is 1. The molecule has 0 radical (unpaired) electrons. The summed E-state index contributed by atoms with van der Waals surface area (Å²) in [7, 11) is 0. The molecule has 0 spiro atoms. The van der Waals surface area contributed by atoms with Crippen molar-refractivity contribution in [1.29, 1.82) is 0 Å². The van der Waals surface area contributed by atoms with Crippen LogP contribution in [0.1, 0.15) is 22.6 Å². The third-order valence-electron chi connectivity index (χ3n) is 4.80. The minimum Gasteiger partial charge on any atom is -0.457 e. The van der Waals surface area contributed by atoms with Crippen LogP contribution in [0.5, 0.6) is 11.5 Å². The lowest BCUT2D eigenvalue weighted by molar-refractivity contribution is -0.148. The molecular formula is C23H18ClNO4. The number of benzene rings is 3. The molecule has 0 bridgehead atoms. The molecule has 1 N–H and O–H groups in total. The van der Waals surface area contributed by atoms with Crippen molar-refractivity contribution >= 4 is 29.2 Å². The second-order valence-electron chi connectivity index (χ2n) is 6.68. The van der Waals surface area contributed by atoms with E-state index in [1.165, 1.54) is 0 Å². The van der Waals surface area contributed by atoms with Crippen LogP contribution in [0.4, 0.5) is 5.69 Å². The predicted molar refractivity (Wildman–Crippen MR) is 111 cm³/mol. The average molecular weight is 408 g/mol. The van der Waals surface area contributed by atoms with E-state index in [2.05, 4.69) is 5.32 Å². The SMILES string of the molecule is Cc1c(Cl)cccc1NC(=O)COC(=O)C1c2ccccc2Oc2ccccc21. The smallest absolute Gasteiger partial charge is 0.318 e. The fourth-order valence-electron chi connectivity index (χ4n) is 3.31. The molecule has 3 aromatic rings. The first-order valence-corrected chi connectivity index (χ1v) is 9.49. The third kappa shape index (κ3) is 3.82. The van der Waals surface area contributed by atoms with Gasteiger partial charge in [0.2, 0.25) is 0 Å². The summed E-state index contributed by atoms with van der Waals surface area (Å²) in [5.74, 6) is -0.389. The quantitative estimate of drug-likeness (QED) is 0.613. The molecule has 1 amide bonds. The molecule has 0 aromatic heterocycles. The average Bonchev–Trinajstić information content (AvgIpc) is 2.73. The first-order valence-electron chi connectivity index (χ1n) is 9.12. The van der Waals surface area contributed by atoms with Gasteiger partial charge < -0.3 is 14.8 Å². The number of esters is 1. The highest BCUT2D eigenvalue weighted by molar-refractivity contribution is 6.31. The van der Waals surface area contributed by atoms with Crippen molar-refractivity contribution in [2.75, 3.05) is 11.9 Å². The lowest BCUT2D eigenvalue weighted by atomic mass is 9.88. The zero-order chi connectivity index (χ0) is 20.4. The molecule has 0 saturated carbocycles. The van der Waals surface area contributed by atoms with E-state index in [4.69, 9.17) is 21.1 Å². The fraction of sp³-hybridized carbons (Fsp3) is 0.130. The Morgan fingerprint density at radius 2 is 1.59 bits per heavy atom. The number of halogens is 1. The monoisotopic (exact) mass is 407 g/mol. The second-order valence-corrected chi connectivity index (χ2v) is 7.09. The van der Waals surface area contributed by atoms with Crippen LogP contribution in [0.15, 0.2) is 66.7 Å². The van der Waals surface area contributed by atoms with Gasteiger partial charge in [-0.3, -0.25) is 9.59 Å². The summed E-state index contributed by atoms with van der Waals surface area (Å²) < 4.78 is 11.2. The highest BCUT2D eigenvalue weighted by Crippen LogP contribution is 2.44. The van der Waals surface area contributed by atoms with E-state index in [0.717, 1.165) is 5.56 Å². The Kier molecular flexibility index (Phi) is 5.23. The Morgan fingerprint density at radius 1 is 0.966 bits per heavy atom. The van der Waals surface area contributed by atoms with Crippen LogP contribution < -0.4 is 10.1 Å². The van der Waals surface area contributed by atoms with Crippen molar-refractivity contribution in [2.24, 2.45) is 0 Å². The van der Waals surface area contributed by atoms with E-state index in [-0.39, 0.29) is 0 Å². The number of amides is 1. The van der Waals surface area contributed by atoms with Crippen molar-refractivity contribution < 1.29 is 19.1 Å². The van der Waals surface area contributed by atoms with Gasteiger partial charge in [-0.15, -0.1) is 0 Å². The minimum atomic E-state index is -0.656. The number of hydrogen-bond donors (Lipinski definition) is 1. The second kappa shape index (κ2) is 7.97. The number of carbonyl (C=O) groups is 2. The molecule has 146 valence electrons. The normalized spacial score (nSPS) is 12.3. The minimum absolute atomic E-state index is 0.396. The van der Waals surface area contributed by atoms with Gasteiger partial charge in [-0.25, -0.2) is 0 Å². The Labute approximate surface area is 173 Å². The number of fused-ring (bicyclic) bond motifs is 2. The summed E-state index contributed by atoms with van der Waals surface area (Å²) in [6, 6.07) is 19.9. The molecule has 1 aliphatic rings. The van der Waals surface area contributed by atoms with Gasteiger partial charge in [0.15, 0.2) is 6.61 Å². The maximum Gasteiger partial charge on any atom is 0.318 e. The van der Waals surface area contributed by atoms with E-state index in [9.17, 15) is 9.59 Å². The topological polar surface area (TPSA) is 64.6 Å². The maximum atomic E-state index is 12.9. The van der Waals surface area contributed by atoms with Crippen LogP contribution in [0.2, 0.25) is 5.02 Å². The van der Waals surface area contributed by atoms with Crippen molar-refractivity contribution in [1.82, 2.24) is 0 Å². The zero-order valence-corrected chi connectivity index (χ0v) is 16.4. The van der Waals surface area contributed by atoms with Crippen LogP contribution in [0.3, 0.4) is 0 Å². The van der Waals surface area contributed by atoms with Crippen LogP contribution in [0.25, 0.3) is 0 Å². The number of hydrogen-bond acceptors (Lipinski definition) is 4. The molecule has 3 aromatic carbocycles. The number of para-hydroxylation sites is 2. The number of nitrogens with one attached hydrogen (secondary N) is 1. The van der Waals surface area contributed by atoms with E-state index >= 15 is 0 Å². The van der Waals surface area contributed by atoms with E-state index in [0.29, 0.717) is 33.3 Å². The first-order chi connectivity index (χ1) is 14.0. The number of rotatable bonds is 4. The van der Waals surface area contributed by atoms with Gasteiger partial charge in [0.05, 0.1) is 0 Å². The molecule has 0 fully saturated rings. The van der Waals surface area contributed by atoms with E-state index < -0.39 is 24.4 Å². The van der Waals surface area contributed by atoms with Gasteiger partial charge in [-0.05, 0) is 36.8 Å². The molecule has 0 atom stereocenters. The predicted octanol–water partition coefficient (Wildman–Crippen LogP) is 5.07. The van der Waals surface area contributed by atoms with Gasteiger partial charge in [-0.2, -0.15) is 0 Å². The zero-order valence-electron chi connectivity index (χ0n) is 15.6. The Balaban J connectivity index is 1.50. The molecule has 0 saturated heterocycles. The Bertz CT molecular complexity index is 1050. The molecule has 5 nitrogen and oxygen atoms in total. The largest absolute Gasteiger partial charge is 0.457 e. The van der Waals surface area contributed by atoms with E-state index in [1.54, 1.807) is 37.3 Å². The number of ether oxygens (including phenoxy) is 2. The van der Waals surface area contributed by atoms with E-state index in [1.807, 2.05) is 36.4 Å². The Morgan fingerprint density at radius 3 is 2.24 bits per heavy atom. The summed E-state index contributed by atoms with van der Waals surface area (Å²) in [5, 5.41) is 3.27. The van der Waals surface area contributed by atoms with Crippen LogP contribution >= 0.6 is 11.6 Å². The highest BCUT2D eigenvalue weighted by Gasteiger charge is 2.33. The standard InChI is InChI=1S/C23H18ClNO4/c1-14-17(24)9-6-10-18(14)25-21(26)13-28-23(27)22-15-7-2-4-11-19(15)29-20-12-5-3-8-16(20)22/h2-12,22H,13H2,1H3,(H,25,26). The summed E-state index contributed by atoms with van der Waals surface area (Å²) in [6.45, 7) is 1.41. The van der Waals surface area contributed by atoms with Gasteiger partial charge in [-0.1, -0.05) is 54.1 Å². The summed E-state index contributed by atoms with van der Waals surface area (Å²) in [5.41, 5.74) is 2.76. The first kappa shape index (κ1) is 19.0. The van der Waals surface area contributed by atoms with Gasteiger partial charge in [0.1, 0.15) is 17.4 Å². The molecule has 29 heavy (non-hydrogen) atoms. The van der Waals surface area contributed by atoms with Crippen LogP contribution in [-0.4, -0.2) is 18.5 Å². The molecule has 0 unspecified atom stereocenters. The summed E-state index contributed by atoms with van der Waals surface area (Å²) >= 11 is 6.07. The summed E-state index contributed by atoms with van der Waals surface area (Å²) in [4.78, 5) is 25.2. The fourth-order valence-corrected chi connectivity index (χ4v) is 3.49. The molecule has 6 heteroatoms. The van der Waals surface area contributed by atoms with Crippen molar-refractivity contribution in [2.45, 2.75) is 12.8 Å². The van der Waals surface area contributed by atoms with Crippen LogP contribution in [-0.2, 0) is 14.3 Å². The molecular weight excluding hydrogens is 390 g/mol. The third-order valence-corrected chi connectivity index (χ3v) is 5.21. The molecule has 1 heterocycles. The van der Waals surface area contributed by atoms with Crippen molar-refractivity contribution in [3.8, 4) is 11.5 Å². The van der Waals surface area contributed by atoms with Crippen molar-refractivity contribution in [3.05, 3.63) is 88.4 Å². The van der Waals surface area contributed by atoms with Gasteiger partial charge in [0.25, 0.3) is 5.91 Å². The number of carbonyl (C=O) groups excluding carboxylic acids is 2. The van der Waals surface area contributed by atoms with Gasteiger partial charge >= 0.3 is 5.97 Å². The lowest BCUT2D eigenvalue weighted by Crippen LogP contribution is -2.26. The lowest BCUT2D eigenvalue weighted by Gasteiger charge is -2.26. The summed E-state index contributed by atoms with van der Waals surface area (Å²) in [6.07, 6.45) is 0. The molecule has 0 aliphatic carbocycles. The maximum absolute atomic E-state index is 12.9. The highest BCUT2D eigenvalue weighted by atomic mass is 35.5. The van der Waals surface area contributed by atoms with Crippen LogP contribution in [0, 0.1) is 6.92 Å². The molecule has 1 aliphatic heterocycles. The van der Waals surface area contributed by atoms with Gasteiger partial charge in [0, 0.05) is 21.8 Å².